The Morgan fingerprint density at radius 3 is 3.09 bits per heavy atom. The van der Waals surface area contributed by atoms with E-state index in [0.717, 1.165) is 62.9 Å². The maximum absolute atomic E-state index is 5.81. The smallest absolute Gasteiger partial charge is 0.144 e. The second-order valence-electron chi connectivity index (χ2n) is 5.75. The summed E-state index contributed by atoms with van der Waals surface area (Å²) in [5, 5.41) is 6.51. The Morgan fingerprint density at radius 1 is 1.39 bits per heavy atom. The third-order valence-corrected chi connectivity index (χ3v) is 3.86. The maximum Gasteiger partial charge on any atom is 0.144 e. The van der Waals surface area contributed by atoms with E-state index in [1.807, 2.05) is 31.4 Å². The predicted octanol–water partition coefficient (Wildman–Crippen LogP) is 1.07. The number of ether oxygens (including phenoxy) is 1. The van der Waals surface area contributed by atoms with Gasteiger partial charge in [0.25, 0.3) is 0 Å². The highest BCUT2D eigenvalue weighted by atomic mass is 16.5. The van der Waals surface area contributed by atoms with Gasteiger partial charge in [-0.15, -0.1) is 0 Å². The van der Waals surface area contributed by atoms with Gasteiger partial charge in [0.2, 0.25) is 0 Å². The highest BCUT2D eigenvalue weighted by Crippen LogP contribution is 2.32. The van der Waals surface area contributed by atoms with E-state index in [-0.39, 0.29) is 0 Å². The molecule has 0 saturated carbocycles. The summed E-state index contributed by atoms with van der Waals surface area (Å²) >= 11 is 0. The lowest BCUT2D eigenvalue weighted by atomic mass is 10.2. The predicted molar refractivity (Wildman–Crippen MR) is 96.9 cm³/mol. The first-order valence-electron chi connectivity index (χ1n) is 8.23. The monoisotopic (exact) mass is 319 g/mol. The third-order valence-electron chi connectivity index (χ3n) is 3.86. The van der Waals surface area contributed by atoms with Gasteiger partial charge in [-0.25, -0.2) is 0 Å². The summed E-state index contributed by atoms with van der Waals surface area (Å²) in [5.74, 6) is 0.897. The lowest BCUT2D eigenvalue weighted by Gasteiger charge is -2.31. The van der Waals surface area contributed by atoms with Gasteiger partial charge in [0.1, 0.15) is 12.4 Å². The van der Waals surface area contributed by atoms with Crippen LogP contribution < -0.4 is 26.0 Å². The molecule has 1 aliphatic rings. The number of hydrogen-bond donors (Lipinski definition) is 3. The van der Waals surface area contributed by atoms with E-state index in [0.29, 0.717) is 0 Å². The first kappa shape index (κ1) is 17.3. The number of rotatable bonds is 9. The molecule has 0 aliphatic carbocycles. The van der Waals surface area contributed by atoms with Crippen LogP contribution in [0.15, 0.2) is 30.6 Å². The molecule has 0 fully saturated rings. The van der Waals surface area contributed by atoms with E-state index in [1.54, 1.807) is 0 Å². The van der Waals surface area contributed by atoms with Crippen molar-refractivity contribution in [3.8, 4) is 5.75 Å². The number of nitrogens with two attached hydrogens (primary N) is 1. The lowest BCUT2D eigenvalue weighted by Crippen LogP contribution is -2.38. The molecule has 0 bridgehead atoms. The third kappa shape index (κ3) is 5.56. The normalized spacial score (nSPS) is 13.7. The van der Waals surface area contributed by atoms with Crippen molar-refractivity contribution in [3.63, 3.8) is 0 Å². The minimum atomic E-state index is 0.721. The lowest BCUT2D eigenvalue weighted by molar-refractivity contribution is 0.307. The molecule has 2 rings (SSSR count). The van der Waals surface area contributed by atoms with Crippen LogP contribution in [0.25, 0.3) is 0 Å². The average molecular weight is 319 g/mol. The van der Waals surface area contributed by atoms with Crippen molar-refractivity contribution in [2.24, 2.45) is 0 Å². The van der Waals surface area contributed by atoms with Gasteiger partial charge in [-0.1, -0.05) is 0 Å². The molecule has 0 radical (unpaired) electrons. The fourth-order valence-corrected chi connectivity index (χ4v) is 2.59. The van der Waals surface area contributed by atoms with Crippen LogP contribution >= 0.6 is 0 Å². The summed E-state index contributed by atoms with van der Waals surface area (Å²) in [5.41, 5.74) is 7.71. The molecule has 1 aliphatic heterocycles. The second kappa shape index (κ2) is 9.15. The van der Waals surface area contributed by atoms with Gasteiger partial charge in [-0.3, -0.25) is 0 Å². The van der Waals surface area contributed by atoms with Gasteiger partial charge in [-0.05, 0) is 25.1 Å². The SMILES string of the molecule is CN/C=C\N(C)CCCNCCN1CCOc2cc(N)ccc21. The molecule has 23 heavy (non-hydrogen) atoms. The van der Waals surface area contributed by atoms with E-state index in [4.69, 9.17) is 10.5 Å². The van der Waals surface area contributed by atoms with Gasteiger partial charge in [0.05, 0.1) is 12.2 Å². The van der Waals surface area contributed by atoms with Crippen LogP contribution in [0.5, 0.6) is 5.75 Å². The maximum atomic E-state index is 5.81. The minimum Gasteiger partial charge on any atom is -0.489 e. The van der Waals surface area contributed by atoms with E-state index in [2.05, 4.69) is 33.7 Å². The molecule has 4 N–H and O–H groups in total. The largest absolute Gasteiger partial charge is 0.489 e. The molecule has 0 amide bonds. The molecule has 6 nitrogen and oxygen atoms in total. The molecule has 0 atom stereocenters. The molecular weight excluding hydrogens is 290 g/mol. The van der Waals surface area contributed by atoms with Crippen molar-refractivity contribution in [1.82, 2.24) is 15.5 Å². The van der Waals surface area contributed by atoms with E-state index in [9.17, 15) is 0 Å². The fourth-order valence-electron chi connectivity index (χ4n) is 2.59. The zero-order chi connectivity index (χ0) is 16.5. The number of fused-ring (bicyclic) bond motifs is 1. The number of benzene rings is 1. The van der Waals surface area contributed by atoms with Crippen LogP contribution in [0, 0.1) is 0 Å². The molecule has 6 heteroatoms. The van der Waals surface area contributed by atoms with Gasteiger partial charge in [0.15, 0.2) is 0 Å². The number of nitrogens with zero attached hydrogens (tertiary/aromatic N) is 2. The molecule has 0 saturated heterocycles. The summed E-state index contributed by atoms with van der Waals surface area (Å²) < 4.78 is 5.68. The summed E-state index contributed by atoms with van der Waals surface area (Å²) in [6.45, 7) is 5.67. The van der Waals surface area contributed by atoms with Crippen molar-refractivity contribution >= 4 is 11.4 Å². The number of hydrogen-bond acceptors (Lipinski definition) is 6. The van der Waals surface area contributed by atoms with Crippen molar-refractivity contribution in [2.45, 2.75) is 6.42 Å². The Kier molecular flexibility index (Phi) is 6.87. The molecule has 0 spiro atoms. The Morgan fingerprint density at radius 2 is 2.26 bits per heavy atom. The zero-order valence-corrected chi connectivity index (χ0v) is 14.2. The van der Waals surface area contributed by atoms with E-state index in [1.165, 1.54) is 0 Å². The van der Waals surface area contributed by atoms with Crippen molar-refractivity contribution in [2.75, 3.05) is 64.1 Å². The molecule has 1 aromatic carbocycles. The van der Waals surface area contributed by atoms with Gasteiger partial charge in [-0.2, -0.15) is 0 Å². The Balaban J connectivity index is 1.65. The highest BCUT2D eigenvalue weighted by molar-refractivity contribution is 5.65. The van der Waals surface area contributed by atoms with E-state index >= 15 is 0 Å². The molecular formula is C17H29N5O. The topological polar surface area (TPSA) is 65.8 Å². The van der Waals surface area contributed by atoms with E-state index < -0.39 is 0 Å². The molecule has 1 heterocycles. The first-order chi connectivity index (χ1) is 11.2. The van der Waals surface area contributed by atoms with Gasteiger partial charge in [0, 0.05) is 57.9 Å². The molecule has 0 unspecified atom stereocenters. The Labute approximate surface area is 139 Å². The van der Waals surface area contributed by atoms with Crippen molar-refractivity contribution < 1.29 is 4.74 Å². The highest BCUT2D eigenvalue weighted by Gasteiger charge is 2.17. The molecule has 128 valence electrons. The summed E-state index contributed by atoms with van der Waals surface area (Å²) in [6.07, 6.45) is 5.12. The van der Waals surface area contributed by atoms with Crippen LogP contribution in [0.4, 0.5) is 11.4 Å². The number of anilines is 2. The molecule has 1 aromatic rings. The summed E-state index contributed by atoms with van der Waals surface area (Å²) in [6, 6.07) is 5.89. The van der Waals surface area contributed by atoms with Crippen LogP contribution in [0.1, 0.15) is 6.42 Å². The quantitative estimate of drug-likeness (QED) is 0.467. The second-order valence-corrected chi connectivity index (χ2v) is 5.75. The minimum absolute atomic E-state index is 0.721. The van der Waals surface area contributed by atoms with Crippen molar-refractivity contribution in [1.29, 1.82) is 0 Å². The number of nitrogen functional groups attached to an aromatic ring is 1. The Bertz CT molecular complexity index is 506. The van der Waals surface area contributed by atoms with Gasteiger partial charge < -0.3 is 30.9 Å². The summed E-state index contributed by atoms with van der Waals surface area (Å²) in [4.78, 5) is 4.54. The number of nitrogens with one attached hydrogen (secondary N) is 2. The summed E-state index contributed by atoms with van der Waals surface area (Å²) in [7, 11) is 3.99. The zero-order valence-electron chi connectivity index (χ0n) is 14.2. The standard InChI is InChI=1S/C17H29N5O/c1-19-7-10-21(2)9-3-6-20-8-11-22-12-13-23-17-14-15(18)4-5-16(17)22/h4-5,7,10,14,19-20H,3,6,8-9,11-13,18H2,1-2H3/b10-7-. The van der Waals surface area contributed by atoms with Gasteiger partial charge >= 0.3 is 0 Å². The Hall–Kier alpha value is -2.08. The van der Waals surface area contributed by atoms with Crippen molar-refractivity contribution in [3.05, 3.63) is 30.6 Å². The fraction of sp³-hybridized carbons (Fsp3) is 0.529. The first-order valence-corrected chi connectivity index (χ1v) is 8.23. The van der Waals surface area contributed by atoms with Crippen LogP contribution in [-0.4, -0.2) is 58.3 Å². The van der Waals surface area contributed by atoms with Crippen LogP contribution in [-0.2, 0) is 0 Å². The average Bonchev–Trinajstić information content (AvgIpc) is 2.55. The van der Waals surface area contributed by atoms with Crippen LogP contribution in [0.3, 0.4) is 0 Å². The molecule has 0 aromatic heterocycles. The van der Waals surface area contributed by atoms with Crippen LogP contribution in [0.2, 0.25) is 0 Å².